The molecule has 0 aromatic carbocycles. The molecule has 5 nitrogen and oxygen atoms in total. The van der Waals surface area contributed by atoms with Crippen LogP contribution in [0.4, 0.5) is 5.00 Å². The van der Waals surface area contributed by atoms with Crippen LogP contribution in [0.3, 0.4) is 0 Å². The summed E-state index contributed by atoms with van der Waals surface area (Å²) in [5, 5.41) is 5.38. The number of methoxy groups -OCH3 is 1. The molecule has 0 saturated carbocycles. The molecule has 7 heteroatoms. The Kier molecular flexibility index (Phi) is 5.03. The number of fused-ring (bicyclic) bond motifs is 1. The number of thiophene rings is 2. The highest BCUT2D eigenvalue weighted by molar-refractivity contribution is 7.17. The molecule has 3 rings (SSSR count). The third-order valence-electron chi connectivity index (χ3n) is 4.35. The molecular weight excluding hydrogens is 344 g/mol. The topological polar surface area (TPSA) is 59.8 Å². The number of quaternary nitrogens is 1. The zero-order valence-electron chi connectivity index (χ0n) is 14.0. The van der Waals surface area contributed by atoms with E-state index in [4.69, 9.17) is 4.74 Å². The Bertz CT molecular complexity index is 750. The zero-order valence-corrected chi connectivity index (χ0v) is 15.6. The first-order valence-electron chi connectivity index (χ1n) is 7.93. The Balaban J connectivity index is 1.94. The van der Waals surface area contributed by atoms with Gasteiger partial charge >= 0.3 is 5.97 Å². The minimum atomic E-state index is -0.373. The number of esters is 1. The van der Waals surface area contributed by atoms with E-state index >= 15 is 0 Å². The average Bonchev–Trinajstić information content (AvgIpc) is 3.20. The SMILES string of the molecule is COC(=O)c1c(NC(=O)c2cccs2)sc2c1CC[NH+](C(C)C)C2. The van der Waals surface area contributed by atoms with Crippen LogP contribution < -0.4 is 10.2 Å². The fourth-order valence-electron chi connectivity index (χ4n) is 2.97. The third kappa shape index (κ3) is 3.24. The van der Waals surface area contributed by atoms with Crippen LogP contribution in [0.15, 0.2) is 17.5 Å². The van der Waals surface area contributed by atoms with E-state index in [0.717, 1.165) is 25.1 Å². The van der Waals surface area contributed by atoms with Gasteiger partial charge in [-0.3, -0.25) is 4.79 Å². The van der Waals surface area contributed by atoms with Gasteiger partial charge in [-0.1, -0.05) is 6.07 Å². The molecule has 1 unspecified atom stereocenters. The summed E-state index contributed by atoms with van der Waals surface area (Å²) >= 11 is 2.89. The number of carbonyl (C=O) groups excluding carboxylic acids is 2. The van der Waals surface area contributed by atoms with Crippen LogP contribution >= 0.6 is 22.7 Å². The van der Waals surface area contributed by atoms with E-state index in [1.165, 1.54) is 39.6 Å². The smallest absolute Gasteiger partial charge is 0.341 e. The number of rotatable bonds is 4. The number of hydrogen-bond donors (Lipinski definition) is 2. The lowest BCUT2D eigenvalue weighted by Crippen LogP contribution is -3.14. The van der Waals surface area contributed by atoms with Crippen molar-refractivity contribution in [3.05, 3.63) is 38.4 Å². The van der Waals surface area contributed by atoms with Gasteiger partial charge in [0.1, 0.15) is 11.5 Å². The molecular formula is C17H21N2O3S2+. The number of carbonyl (C=O) groups is 2. The van der Waals surface area contributed by atoms with Gasteiger partial charge in [0.25, 0.3) is 5.91 Å². The van der Waals surface area contributed by atoms with E-state index in [1.54, 1.807) is 6.07 Å². The number of hydrogen-bond acceptors (Lipinski definition) is 5. The Labute approximate surface area is 149 Å². The third-order valence-corrected chi connectivity index (χ3v) is 6.37. The average molecular weight is 366 g/mol. The fourth-order valence-corrected chi connectivity index (χ4v) is 4.87. The summed E-state index contributed by atoms with van der Waals surface area (Å²) in [7, 11) is 1.38. The number of ether oxygens (including phenoxy) is 1. The van der Waals surface area contributed by atoms with Crippen LogP contribution in [-0.2, 0) is 17.7 Å². The van der Waals surface area contributed by atoms with Gasteiger partial charge in [-0.15, -0.1) is 22.7 Å². The van der Waals surface area contributed by atoms with E-state index in [0.29, 0.717) is 21.5 Å². The largest absolute Gasteiger partial charge is 0.465 e. The monoisotopic (exact) mass is 365 g/mol. The highest BCUT2D eigenvalue weighted by atomic mass is 32.1. The maximum atomic E-state index is 12.4. The van der Waals surface area contributed by atoms with Crippen LogP contribution in [-0.4, -0.2) is 31.6 Å². The molecule has 0 spiro atoms. The Morgan fingerprint density at radius 2 is 2.17 bits per heavy atom. The minimum Gasteiger partial charge on any atom is -0.465 e. The van der Waals surface area contributed by atoms with Crippen molar-refractivity contribution < 1.29 is 19.2 Å². The van der Waals surface area contributed by atoms with Gasteiger partial charge in [0.15, 0.2) is 0 Å². The molecule has 0 aliphatic carbocycles. The van der Waals surface area contributed by atoms with Crippen molar-refractivity contribution in [2.45, 2.75) is 32.9 Å². The molecule has 24 heavy (non-hydrogen) atoms. The second-order valence-electron chi connectivity index (χ2n) is 6.12. The predicted octanol–water partition coefficient (Wildman–Crippen LogP) is 2.20. The second kappa shape index (κ2) is 7.04. The second-order valence-corrected chi connectivity index (χ2v) is 8.17. The molecule has 2 N–H and O–H groups in total. The maximum absolute atomic E-state index is 12.4. The van der Waals surface area contributed by atoms with Gasteiger partial charge in [0.2, 0.25) is 0 Å². The van der Waals surface area contributed by atoms with Crippen molar-refractivity contribution in [2.75, 3.05) is 19.0 Å². The van der Waals surface area contributed by atoms with Crippen molar-refractivity contribution in [3.63, 3.8) is 0 Å². The van der Waals surface area contributed by atoms with Gasteiger partial charge in [-0.25, -0.2) is 4.79 Å². The molecule has 0 fully saturated rings. The number of anilines is 1. The molecule has 0 bridgehead atoms. The van der Waals surface area contributed by atoms with Crippen molar-refractivity contribution in [2.24, 2.45) is 0 Å². The standard InChI is InChI=1S/C17H20N2O3S2/c1-10(2)19-7-6-11-13(9-19)24-16(14(11)17(21)22-3)18-15(20)12-5-4-8-23-12/h4-5,8,10H,6-7,9H2,1-3H3,(H,18,20)/p+1. The van der Waals surface area contributed by atoms with Crippen molar-refractivity contribution >= 4 is 39.6 Å². The van der Waals surface area contributed by atoms with Gasteiger partial charge in [-0.2, -0.15) is 0 Å². The summed E-state index contributed by atoms with van der Waals surface area (Å²) in [6.45, 7) is 6.28. The summed E-state index contributed by atoms with van der Waals surface area (Å²) < 4.78 is 4.96. The van der Waals surface area contributed by atoms with E-state index < -0.39 is 0 Å². The van der Waals surface area contributed by atoms with E-state index in [2.05, 4.69) is 19.2 Å². The van der Waals surface area contributed by atoms with Crippen LogP contribution in [0.2, 0.25) is 0 Å². The lowest BCUT2D eigenvalue weighted by Gasteiger charge is -2.27. The van der Waals surface area contributed by atoms with Crippen LogP contribution in [0.5, 0.6) is 0 Å². The van der Waals surface area contributed by atoms with Crippen molar-refractivity contribution in [3.8, 4) is 0 Å². The molecule has 3 heterocycles. The minimum absolute atomic E-state index is 0.179. The highest BCUT2D eigenvalue weighted by Gasteiger charge is 2.32. The van der Waals surface area contributed by atoms with Gasteiger partial charge in [-0.05, 0) is 30.9 Å². The zero-order chi connectivity index (χ0) is 17.3. The summed E-state index contributed by atoms with van der Waals surface area (Å²) in [6, 6.07) is 4.14. The summed E-state index contributed by atoms with van der Waals surface area (Å²) in [5.74, 6) is -0.552. The van der Waals surface area contributed by atoms with E-state index in [9.17, 15) is 9.59 Å². The summed E-state index contributed by atoms with van der Waals surface area (Å²) in [4.78, 5) is 28.0. The lowest BCUT2D eigenvalue weighted by molar-refractivity contribution is -0.936. The molecule has 0 radical (unpaired) electrons. The maximum Gasteiger partial charge on any atom is 0.341 e. The van der Waals surface area contributed by atoms with E-state index in [1.807, 2.05) is 11.4 Å². The molecule has 1 atom stereocenters. The van der Waals surface area contributed by atoms with Crippen LogP contribution in [0, 0.1) is 0 Å². The fraction of sp³-hybridized carbons (Fsp3) is 0.412. The Morgan fingerprint density at radius 1 is 1.38 bits per heavy atom. The lowest BCUT2D eigenvalue weighted by atomic mass is 10.0. The first-order chi connectivity index (χ1) is 11.5. The first kappa shape index (κ1) is 17.1. The van der Waals surface area contributed by atoms with Crippen LogP contribution in [0.1, 0.15) is 44.3 Å². The van der Waals surface area contributed by atoms with Gasteiger partial charge in [0.05, 0.1) is 35.0 Å². The summed E-state index contributed by atoms with van der Waals surface area (Å²) in [5.41, 5.74) is 1.57. The molecule has 0 saturated heterocycles. The van der Waals surface area contributed by atoms with E-state index in [-0.39, 0.29) is 11.9 Å². The molecule has 2 aromatic heterocycles. The molecule has 1 amide bonds. The molecule has 1 aliphatic heterocycles. The normalized spacial score (nSPS) is 16.8. The molecule has 128 valence electrons. The molecule has 2 aromatic rings. The number of nitrogens with one attached hydrogen (secondary N) is 2. The first-order valence-corrected chi connectivity index (χ1v) is 9.63. The Hall–Kier alpha value is -1.70. The van der Waals surface area contributed by atoms with Crippen molar-refractivity contribution in [1.82, 2.24) is 0 Å². The van der Waals surface area contributed by atoms with Gasteiger partial charge < -0.3 is 15.0 Å². The van der Waals surface area contributed by atoms with Crippen molar-refractivity contribution in [1.29, 1.82) is 0 Å². The quantitative estimate of drug-likeness (QED) is 0.817. The number of amides is 1. The highest BCUT2D eigenvalue weighted by Crippen LogP contribution is 2.35. The molecule has 1 aliphatic rings. The Morgan fingerprint density at radius 3 is 2.79 bits per heavy atom. The van der Waals surface area contributed by atoms with Crippen LogP contribution in [0.25, 0.3) is 0 Å². The summed E-state index contributed by atoms with van der Waals surface area (Å²) in [6.07, 6.45) is 0.832. The van der Waals surface area contributed by atoms with Gasteiger partial charge in [0, 0.05) is 6.42 Å². The predicted molar refractivity (Wildman–Crippen MR) is 96.3 cm³/mol.